The molecule has 0 spiro atoms. The number of aromatic nitrogens is 3. The van der Waals surface area contributed by atoms with Crippen LogP contribution in [-0.4, -0.2) is 20.7 Å². The summed E-state index contributed by atoms with van der Waals surface area (Å²) in [7, 11) is 0. The highest BCUT2D eigenvalue weighted by Gasteiger charge is 2.25. The number of halogens is 1. The highest BCUT2D eigenvalue weighted by atomic mass is 35.5. The molecule has 0 radical (unpaired) electrons. The van der Waals surface area contributed by atoms with Crippen LogP contribution in [0, 0.1) is 0 Å². The van der Waals surface area contributed by atoms with Crippen LogP contribution in [0.5, 0.6) is 0 Å². The molecular formula is C27H18ClN5O. The maximum atomic E-state index is 13.5. The number of pyridine rings is 1. The molecule has 0 aliphatic rings. The molecule has 3 aromatic carbocycles. The fourth-order valence-electron chi connectivity index (χ4n) is 3.53. The van der Waals surface area contributed by atoms with Crippen molar-refractivity contribution in [1.82, 2.24) is 14.8 Å². The summed E-state index contributed by atoms with van der Waals surface area (Å²) in [5, 5.41) is 14.4. The van der Waals surface area contributed by atoms with Gasteiger partial charge in [0.15, 0.2) is 0 Å². The van der Waals surface area contributed by atoms with Crippen LogP contribution in [0.15, 0.2) is 120 Å². The average molecular weight is 464 g/mol. The van der Waals surface area contributed by atoms with Gasteiger partial charge in [-0.3, -0.25) is 9.78 Å². The number of hydrogen-bond donors (Lipinski definition) is 0. The first-order valence-corrected chi connectivity index (χ1v) is 10.9. The molecule has 6 nitrogen and oxygen atoms in total. The van der Waals surface area contributed by atoms with Crippen LogP contribution in [0.25, 0.3) is 22.5 Å². The fourth-order valence-corrected chi connectivity index (χ4v) is 3.66. The molecule has 2 aromatic heterocycles. The molecule has 7 heteroatoms. The van der Waals surface area contributed by atoms with Crippen molar-refractivity contribution < 1.29 is 4.79 Å². The first-order chi connectivity index (χ1) is 16.7. The molecule has 164 valence electrons. The second kappa shape index (κ2) is 9.60. The van der Waals surface area contributed by atoms with Crippen LogP contribution in [0.4, 0.5) is 11.4 Å². The van der Waals surface area contributed by atoms with Crippen LogP contribution in [0.2, 0.25) is 5.02 Å². The van der Waals surface area contributed by atoms with Gasteiger partial charge >= 0.3 is 0 Å². The van der Waals surface area contributed by atoms with Crippen LogP contribution >= 0.6 is 11.6 Å². The summed E-state index contributed by atoms with van der Waals surface area (Å²) in [6.07, 6.45) is 3.16. The Morgan fingerprint density at radius 1 is 0.735 bits per heavy atom. The van der Waals surface area contributed by atoms with Gasteiger partial charge in [0.25, 0.3) is 5.91 Å². The maximum absolute atomic E-state index is 13.5. The van der Waals surface area contributed by atoms with E-state index in [-0.39, 0.29) is 5.91 Å². The Bertz CT molecular complexity index is 1450. The van der Waals surface area contributed by atoms with Gasteiger partial charge in [0.2, 0.25) is 0 Å². The minimum atomic E-state index is -0.286. The molecular weight excluding hydrogens is 446 g/mol. The monoisotopic (exact) mass is 463 g/mol. The predicted molar refractivity (Wildman–Crippen MR) is 133 cm³/mol. The minimum Gasteiger partial charge on any atom is -0.267 e. The Morgan fingerprint density at radius 2 is 1.35 bits per heavy atom. The summed E-state index contributed by atoms with van der Waals surface area (Å²) in [6, 6.07) is 29.6. The molecule has 0 bridgehead atoms. The molecule has 34 heavy (non-hydrogen) atoms. The Balaban J connectivity index is 1.75. The molecule has 0 fully saturated rings. The second-order valence-corrected chi connectivity index (χ2v) is 7.84. The van der Waals surface area contributed by atoms with Gasteiger partial charge in [0.05, 0.1) is 5.69 Å². The van der Waals surface area contributed by atoms with E-state index in [1.807, 2.05) is 60.7 Å². The van der Waals surface area contributed by atoms with Gasteiger partial charge in [0.1, 0.15) is 17.1 Å². The van der Waals surface area contributed by atoms with Crippen molar-refractivity contribution in [2.24, 2.45) is 10.2 Å². The highest BCUT2D eigenvalue weighted by molar-refractivity contribution is 6.30. The largest absolute Gasteiger partial charge is 0.278 e. The molecule has 0 amide bonds. The van der Waals surface area contributed by atoms with E-state index in [1.165, 1.54) is 4.68 Å². The normalized spacial score (nSPS) is 11.1. The van der Waals surface area contributed by atoms with Gasteiger partial charge in [0, 0.05) is 34.1 Å². The van der Waals surface area contributed by atoms with E-state index in [2.05, 4.69) is 15.2 Å². The number of azo groups is 1. The first kappa shape index (κ1) is 21.4. The van der Waals surface area contributed by atoms with E-state index in [4.69, 9.17) is 16.7 Å². The lowest BCUT2D eigenvalue weighted by Gasteiger charge is -2.07. The molecule has 5 rings (SSSR count). The quantitative estimate of drug-likeness (QED) is 0.255. The topological polar surface area (TPSA) is 72.5 Å². The Labute approximate surface area is 201 Å². The van der Waals surface area contributed by atoms with Crippen molar-refractivity contribution in [1.29, 1.82) is 0 Å². The third-order valence-corrected chi connectivity index (χ3v) is 5.42. The number of nitrogens with zero attached hydrogens (tertiary/aromatic N) is 5. The van der Waals surface area contributed by atoms with Crippen LogP contribution in [-0.2, 0) is 0 Å². The number of rotatable bonds is 5. The first-order valence-electron chi connectivity index (χ1n) is 10.6. The van der Waals surface area contributed by atoms with Gasteiger partial charge < -0.3 is 0 Å². The number of carbonyl (C=O) groups is 1. The van der Waals surface area contributed by atoms with Gasteiger partial charge in [-0.05, 0) is 36.4 Å². The highest BCUT2D eigenvalue weighted by Crippen LogP contribution is 2.40. The molecule has 5 aromatic rings. The zero-order valence-electron chi connectivity index (χ0n) is 17.9. The van der Waals surface area contributed by atoms with Crippen molar-refractivity contribution in [2.75, 3.05) is 0 Å². The molecule has 0 saturated carbocycles. The lowest BCUT2D eigenvalue weighted by atomic mass is 10.1. The van der Waals surface area contributed by atoms with Gasteiger partial charge in [-0.1, -0.05) is 72.3 Å². The predicted octanol–water partition coefficient (Wildman–Crippen LogP) is 7.37. The minimum absolute atomic E-state index is 0.286. The van der Waals surface area contributed by atoms with E-state index in [0.717, 1.165) is 11.1 Å². The zero-order valence-corrected chi connectivity index (χ0v) is 18.7. The Hall–Kier alpha value is -4.42. The summed E-state index contributed by atoms with van der Waals surface area (Å²) in [6.45, 7) is 0. The van der Waals surface area contributed by atoms with Crippen molar-refractivity contribution in [3.05, 3.63) is 120 Å². The lowest BCUT2D eigenvalue weighted by molar-refractivity contribution is 0.0947. The lowest BCUT2D eigenvalue weighted by Crippen LogP contribution is -2.15. The van der Waals surface area contributed by atoms with Crippen LogP contribution in [0.3, 0.4) is 0 Å². The van der Waals surface area contributed by atoms with Crippen LogP contribution < -0.4 is 0 Å². The molecule has 0 saturated heterocycles. The zero-order chi connectivity index (χ0) is 23.3. The molecule has 2 heterocycles. The molecule has 0 N–H and O–H groups in total. The van der Waals surface area contributed by atoms with E-state index < -0.39 is 0 Å². The summed E-state index contributed by atoms with van der Waals surface area (Å²) in [5.41, 5.74) is 4.33. The number of benzene rings is 3. The maximum Gasteiger partial charge on any atom is 0.278 e. The summed E-state index contributed by atoms with van der Waals surface area (Å²) < 4.78 is 1.39. The second-order valence-electron chi connectivity index (χ2n) is 7.41. The average Bonchev–Trinajstić information content (AvgIpc) is 3.29. The van der Waals surface area contributed by atoms with Gasteiger partial charge in [-0.25, -0.2) is 0 Å². The smallest absolute Gasteiger partial charge is 0.267 e. The van der Waals surface area contributed by atoms with E-state index in [9.17, 15) is 4.79 Å². The fraction of sp³-hybridized carbons (Fsp3) is 0. The SMILES string of the molecule is O=C(c1ccncc1)n1nc(-c2ccccc2)c(N=Nc2ccc(Cl)cc2)c1-c1ccccc1. The van der Waals surface area contributed by atoms with Crippen molar-refractivity contribution in [2.45, 2.75) is 0 Å². The Morgan fingerprint density at radius 3 is 2.00 bits per heavy atom. The summed E-state index contributed by atoms with van der Waals surface area (Å²) in [5.74, 6) is -0.286. The van der Waals surface area contributed by atoms with Gasteiger partial charge in [-0.2, -0.15) is 14.9 Å². The van der Waals surface area contributed by atoms with Crippen molar-refractivity contribution >= 4 is 28.9 Å². The molecule has 0 unspecified atom stereocenters. The standard InChI is InChI=1S/C27H18ClN5O/c28-22-11-13-23(14-12-22)30-31-25-24(19-7-3-1-4-8-19)32-33(26(25)20-9-5-2-6-10-20)27(34)21-15-17-29-18-16-21/h1-18H. The Kier molecular flexibility index (Phi) is 6.05. The van der Waals surface area contributed by atoms with Crippen molar-refractivity contribution in [3.63, 3.8) is 0 Å². The molecule has 0 aliphatic heterocycles. The summed E-state index contributed by atoms with van der Waals surface area (Å²) >= 11 is 6.01. The number of hydrogen-bond acceptors (Lipinski definition) is 5. The third-order valence-electron chi connectivity index (χ3n) is 5.17. The van der Waals surface area contributed by atoms with E-state index >= 15 is 0 Å². The van der Waals surface area contributed by atoms with Crippen molar-refractivity contribution in [3.8, 4) is 22.5 Å². The number of carbonyl (C=O) groups excluding carboxylic acids is 1. The molecule has 0 aliphatic carbocycles. The van der Waals surface area contributed by atoms with E-state index in [1.54, 1.807) is 48.8 Å². The third kappa shape index (κ3) is 4.40. The molecule has 0 atom stereocenters. The van der Waals surface area contributed by atoms with Crippen LogP contribution in [0.1, 0.15) is 10.4 Å². The van der Waals surface area contributed by atoms with E-state index in [0.29, 0.717) is 33.3 Å². The summed E-state index contributed by atoms with van der Waals surface area (Å²) in [4.78, 5) is 17.6. The van der Waals surface area contributed by atoms with Gasteiger partial charge in [-0.15, -0.1) is 5.11 Å².